The standard InChI is InChI=1S/C19H27NO3/c1-22-18(15-7-10-23-11-8-15)19(21)20-9-6-14-12-16-4-2-3-5-17(16)13-14/h2-5,14-15,18H,6-13H2,1H3,(H,20,21). The molecule has 0 bridgehead atoms. The van der Waals surface area contributed by atoms with Gasteiger partial charge in [0.2, 0.25) is 5.91 Å². The number of methoxy groups -OCH3 is 1. The molecule has 1 aliphatic heterocycles. The quantitative estimate of drug-likeness (QED) is 0.876. The number of carbonyl (C=O) groups is 1. The summed E-state index contributed by atoms with van der Waals surface area (Å²) in [6.07, 6.45) is 4.79. The Labute approximate surface area is 138 Å². The fraction of sp³-hybridized carbons (Fsp3) is 0.632. The van der Waals surface area contributed by atoms with Crippen LogP contribution < -0.4 is 5.32 Å². The molecule has 1 amide bonds. The van der Waals surface area contributed by atoms with Crippen molar-refractivity contribution in [3.05, 3.63) is 35.4 Å². The van der Waals surface area contributed by atoms with Gasteiger partial charge in [0.1, 0.15) is 6.10 Å². The first-order chi connectivity index (χ1) is 11.3. The lowest BCUT2D eigenvalue weighted by Gasteiger charge is -2.28. The number of ether oxygens (including phenoxy) is 2. The first-order valence-electron chi connectivity index (χ1n) is 8.73. The van der Waals surface area contributed by atoms with Crippen LogP contribution in [-0.4, -0.2) is 38.9 Å². The van der Waals surface area contributed by atoms with Crippen molar-refractivity contribution in [3.63, 3.8) is 0 Å². The van der Waals surface area contributed by atoms with E-state index in [1.165, 1.54) is 11.1 Å². The van der Waals surface area contributed by atoms with E-state index in [9.17, 15) is 4.79 Å². The maximum Gasteiger partial charge on any atom is 0.249 e. The highest BCUT2D eigenvalue weighted by molar-refractivity contribution is 5.81. The highest BCUT2D eigenvalue weighted by Gasteiger charge is 2.30. The molecule has 4 heteroatoms. The highest BCUT2D eigenvalue weighted by Crippen LogP contribution is 2.28. The lowest BCUT2D eigenvalue weighted by molar-refractivity contribution is -0.136. The van der Waals surface area contributed by atoms with Crippen molar-refractivity contribution in [3.8, 4) is 0 Å². The molecule has 126 valence electrons. The summed E-state index contributed by atoms with van der Waals surface area (Å²) >= 11 is 0. The molecular formula is C19H27NO3. The minimum absolute atomic E-state index is 0.0370. The summed E-state index contributed by atoms with van der Waals surface area (Å²) in [4.78, 5) is 12.4. The summed E-state index contributed by atoms with van der Waals surface area (Å²) in [5, 5.41) is 3.08. The van der Waals surface area contributed by atoms with Crippen molar-refractivity contribution in [2.45, 2.75) is 38.2 Å². The predicted octanol–water partition coefficient (Wildman–Crippen LogP) is 2.35. The molecule has 1 heterocycles. The van der Waals surface area contributed by atoms with Crippen LogP contribution in [0.15, 0.2) is 24.3 Å². The van der Waals surface area contributed by atoms with E-state index in [1.54, 1.807) is 7.11 Å². The zero-order valence-electron chi connectivity index (χ0n) is 13.9. The fourth-order valence-corrected chi connectivity index (χ4v) is 3.89. The third kappa shape index (κ3) is 4.12. The molecule has 1 aromatic carbocycles. The van der Waals surface area contributed by atoms with Gasteiger partial charge in [0.05, 0.1) is 0 Å². The molecule has 3 rings (SSSR count). The van der Waals surface area contributed by atoms with Gasteiger partial charge in [0.25, 0.3) is 0 Å². The van der Waals surface area contributed by atoms with E-state index in [-0.39, 0.29) is 17.9 Å². The number of amides is 1. The Balaban J connectivity index is 1.42. The molecule has 23 heavy (non-hydrogen) atoms. The van der Waals surface area contributed by atoms with E-state index in [2.05, 4.69) is 29.6 Å². The van der Waals surface area contributed by atoms with Crippen LogP contribution in [-0.2, 0) is 27.1 Å². The van der Waals surface area contributed by atoms with Crippen molar-refractivity contribution in [1.82, 2.24) is 5.32 Å². The average Bonchev–Trinajstić information content (AvgIpc) is 2.99. The van der Waals surface area contributed by atoms with Crippen LogP contribution in [0.5, 0.6) is 0 Å². The summed E-state index contributed by atoms with van der Waals surface area (Å²) in [5.41, 5.74) is 2.95. The van der Waals surface area contributed by atoms with E-state index in [0.717, 1.165) is 51.9 Å². The van der Waals surface area contributed by atoms with Crippen molar-refractivity contribution >= 4 is 5.91 Å². The Bertz CT molecular complexity index is 500. The van der Waals surface area contributed by atoms with Crippen LogP contribution in [0.4, 0.5) is 0 Å². The Morgan fingerprint density at radius 2 is 1.91 bits per heavy atom. The van der Waals surface area contributed by atoms with Gasteiger partial charge in [-0.05, 0) is 55.1 Å². The van der Waals surface area contributed by atoms with E-state index < -0.39 is 0 Å². The Morgan fingerprint density at radius 3 is 2.52 bits per heavy atom. The molecule has 2 aliphatic rings. The maximum absolute atomic E-state index is 12.4. The molecule has 0 radical (unpaired) electrons. The topological polar surface area (TPSA) is 47.6 Å². The smallest absolute Gasteiger partial charge is 0.249 e. The molecule has 1 fully saturated rings. The first kappa shape index (κ1) is 16.5. The number of hydrogen-bond donors (Lipinski definition) is 1. The van der Waals surface area contributed by atoms with Gasteiger partial charge < -0.3 is 14.8 Å². The maximum atomic E-state index is 12.4. The summed E-state index contributed by atoms with van der Waals surface area (Å²) in [6.45, 7) is 2.21. The van der Waals surface area contributed by atoms with E-state index in [1.807, 2.05) is 0 Å². The van der Waals surface area contributed by atoms with Gasteiger partial charge in [-0.15, -0.1) is 0 Å². The zero-order chi connectivity index (χ0) is 16.1. The van der Waals surface area contributed by atoms with Gasteiger partial charge in [-0.3, -0.25) is 4.79 Å². The van der Waals surface area contributed by atoms with Crippen LogP contribution in [0.3, 0.4) is 0 Å². The fourth-order valence-electron chi connectivity index (χ4n) is 3.89. The van der Waals surface area contributed by atoms with Crippen molar-refractivity contribution in [2.24, 2.45) is 11.8 Å². The van der Waals surface area contributed by atoms with Crippen molar-refractivity contribution in [2.75, 3.05) is 26.9 Å². The molecule has 1 aromatic rings. The number of rotatable bonds is 6. The normalized spacial score (nSPS) is 20.2. The second-order valence-corrected chi connectivity index (χ2v) is 6.73. The molecule has 1 atom stereocenters. The summed E-state index contributed by atoms with van der Waals surface area (Å²) in [7, 11) is 1.63. The second-order valence-electron chi connectivity index (χ2n) is 6.73. The molecule has 1 aliphatic carbocycles. The van der Waals surface area contributed by atoms with Crippen molar-refractivity contribution in [1.29, 1.82) is 0 Å². The molecule has 1 unspecified atom stereocenters. The monoisotopic (exact) mass is 317 g/mol. The van der Waals surface area contributed by atoms with E-state index in [4.69, 9.17) is 9.47 Å². The average molecular weight is 317 g/mol. The zero-order valence-corrected chi connectivity index (χ0v) is 13.9. The Morgan fingerprint density at radius 1 is 1.26 bits per heavy atom. The SMILES string of the molecule is COC(C(=O)NCCC1Cc2ccccc2C1)C1CCOCC1. The van der Waals surface area contributed by atoms with Gasteiger partial charge >= 0.3 is 0 Å². The summed E-state index contributed by atoms with van der Waals surface area (Å²) in [5.74, 6) is 0.969. The Hall–Kier alpha value is -1.39. The van der Waals surface area contributed by atoms with Crippen LogP contribution in [0.25, 0.3) is 0 Å². The Kier molecular flexibility index (Phi) is 5.68. The molecule has 0 saturated carbocycles. The van der Waals surface area contributed by atoms with Crippen LogP contribution >= 0.6 is 0 Å². The van der Waals surface area contributed by atoms with Crippen LogP contribution in [0.2, 0.25) is 0 Å². The highest BCUT2D eigenvalue weighted by atomic mass is 16.5. The molecule has 0 spiro atoms. The van der Waals surface area contributed by atoms with E-state index in [0.29, 0.717) is 5.92 Å². The third-order valence-corrected chi connectivity index (χ3v) is 5.19. The molecule has 1 N–H and O–H groups in total. The molecule has 0 aromatic heterocycles. The van der Waals surface area contributed by atoms with Crippen molar-refractivity contribution < 1.29 is 14.3 Å². The number of benzene rings is 1. The summed E-state index contributed by atoms with van der Waals surface area (Å²) < 4.78 is 10.8. The lowest BCUT2D eigenvalue weighted by Crippen LogP contribution is -2.43. The van der Waals surface area contributed by atoms with Crippen LogP contribution in [0, 0.1) is 11.8 Å². The minimum atomic E-state index is -0.334. The summed E-state index contributed by atoms with van der Waals surface area (Å²) in [6, 6.07) is 8.67. The van der Waals surface area contributed by atoms with E-state index >= 15 is 0 Å². The minimum Gasteiger partial charge on any atom is -0.381 e. The number of nitrogens with one attached hydrogen (secondary N) is 1. The van der Waals surface area contributed by atoms with Gasteiger partial charge in [0.15, 0.2) is 0 Å². The van der Waals surface area contributed by atoms with Crippen LogP contribution in [0.1, 0.15) is 30.4 Å². The van der Waals surface area contributed by atoms with Gasteiger partial charge in [0, 0.05) is 26.9 Å². The number of fused-ring (bicyclic) bond motifs is 1. The number of hydrogen-bond acceptors (Lipinski definition) is 3. The van der Waals surface area contributed by atoms with Gasteiger partial charge in [-0.25, -0.2) is 0 Å². The van der Waals surface area contributed by atoms with Gasteiger partial charge in [-0.1, -0.05) is 24.3 Å². The molecule has 4 nitrogen and oxygen atoms in total. The molecule has 1 saturated heterocycles. The first-order valence-corrected chi connectivity index (χ1v) is 8.73. The largest absolute Gasteiger partial charge is 0.381 e. The lowest BCUT2D eigenvalue weighted by atomic mass is 9.93. The number of carbonyl (C=O) groups excluding carboxylic acids is 1. The van der Waals surface area contributed by atoms with Gasteiger partial charge in [-0.2, -0.15) is 0 Å². The second kappa shape index (κ2) is 7.93. The predicted molar refractivity (Wildman–Crippen MR) is 89.3 cm³/mol. The molecular weight excluding hydrogens is 290 g/mol. The third-order valence-electron chi connectivity index (χ3n) is 5.19.